The molecular weight excluding hydrogens is 203 g/mol. The first-order chi connectivity index (χ1) is 6.31. The van der Waals surface area contributed by atoms with E-state index < -0.39 is 7.75 Å². The Morgan fingerprint density at radius 2 is 2.00 bits per heavy atom. The zero-order valence-corrected chi connectivity index (χ0v) is 9.74. The predicted octanol–water partition coefficient (Wildman–Crippen LogP) is 1.22. The van der Waals surface area contributed by atoms with Gasteiger partial charge in [0, 0.05) is 6.04 Å². The van der Waals surface area contributed by atoms with Crippen LogP contribution < -0.4 is 11.2 Å². The van der Waals surface area contributed by atoms with Crippen LogP contribution in [0.25, 0.3) is 0 Å². The molecule has 0 saturated heterocycles. The molecule has 0 rings (SSSR count). The van der Waals surface area contributed by atoms with E-state index in [-0.39, 0.29) is 12.6 Å². The predicted molar refractivity (Wildman–Crippen MR) is 56.6 cm³/mol. The van der Waals surface area contributed by atoms with Gasteiger partial charge >= 0.3 is 7.75 Å². The summed E-state index contributed by atoms with van der Waals surface area (Å²) < 4.78 is 15.1. The molecule has 0 aliphatic carbocycles. The van der Waals surface area contributed by atoms with Crippen LogP contribution in [-0.2, 0) is 9.09 Å². The molecule has 2 unspecified atom stereocenters. The van der Waals surface area contributed by atoms with E-state index in [0.29, 0.717) is 5.92 Å². The van der Waals surface area contributed by atoms with Crippen molar-refractivity contribution in [1.29, 1.82) is 0 Å². The maximum absolute atomic E-state index is 10.6. The summed E-state index contributed by atoms with van der Waals surface area (Å²) >= 11 is 0. The Bertz CT molecular complexity index is 193. The topological polar surface area (TPSA) is 98.6 Å². The summed E-state index contributed by atoms with van der Waals surface area (Å²) in [6, 6.07) is -0.210. The molecule has 0 bridgehead atoms. The van der Waals surface area contributed by atoms with E-state index in [0.717, 1.165) is 19.3 Å². The van der Waals surface area contributed by atoms with Crippen LogP contribution in [0.4, 0.5) is 0 Å². The molecule has 5 N–H and O–H groups in total. The van der Waals surface area contributed by atoms with Gasteiger partial charge in [0.2, 0.25) is 0 Å². The second-order valence-corrected chi connectivity index (χ2v) is 5.33. The molecule has 0 aromatic rings. The van der Waals surface area contributed by atoms with E-state index in [1.54, 1.807) is 0 Å². The van der Waals surface area contributed by atoms with E-state index in [1.807, 2.05) is 0 Å². The molecule has 86 valence electrons. The molecule has 0 amide bonds. The molecule has 0 aliphatic rings. The van der Waals surface area contributed by atoms with Crippen molar-refractivity contribution in [2.24, 2.45) is 17.2 Å². The van der Waals surface area contributed by atoms with Crippen molar-refractivity contribution in [2.75, 3.05) is 6.61 Å². The summed E-state index contributed by atoms with van der Waals surface area (Å²) in [6.07, 6.45) is 2.90. The Kier molecular flexibility index (Phi) is 6.57. The highest BCUT2D eigenvalue weighted by molar-refractivity contribution is 7.50. The summed E-state index contributed by atoms with van der Waals surface area (Å²) in [5, 5.41) is 0. The second kappa shape index (κ2) is 6.53. The highest BCUT2D eigenvalue weighted by Gasteiger charge is 2.13. The third kappa shape index (κ3) is 10.2. The normalized spacial score (nSPS) is 18.1. The Morgan fingerprint density at radius 1 is 1.43 bits per heavy atom. The van der Waals surface area contributed by atoms with Gasteiger partial charge in [-0.3, -0.25) is 4.52 Å². The summed E-state index contributed by atoms with van der Waals surface area (Å²) in [5.41, 5.74) is 10.4. The molecular formula is C8H21N2O3P. The van der Waals surface area contributed by atoms with Gasteiger partial charge in [-0.1, -0.05) is 26.7 Å². The number of rotatable bonds is 7. The van der Waals surface area contributed by atoms with Gasteiger partial charge in [-0.05, 0) is 12.3 Å². The number of nitrogens with two attached hydrogens (primary N) is 2. The van der Waals surface area contributed by atoms with E-state index in [1.165, 1.54) is 0 Å². The average Bonchev–Trinajstić information content (AvgIpc) is 1.99. The summed E-state index contributed by atoms with van der Waals surface area (Å²) in [5.74, 6) is 0.654. The van der Waals surface area contributed by atoms with Gasteiger partial charge in [-0.2, -0.15) is 0 Å². The van der Waals surface area contributed by atoms with E-state index in [9.17, 15) is 4.57 Å². The number of hydrogen-bond acceptors (Lipinski definition) is 3. The Labute approximate surface area is 85.4 Å². The molecule has 2 atom stereocenters. The van der Waals surface area contributed by atoms with Gasteiger partial charge in [0.05, 0.1) is 6.61 Å². The molecule has 0 fully saturated rings. The van der Waals surface area contributed by atoms with E-state index in [2.05, 4.69) is 18.4 Å². The lowest BCUT2D eigenvalue weighted by molar-refractivity contribution is 0.236. The van der Waals surface area contributed by atoms with Crippen molar-refractivity contribution >= 4 is 7.75 Å². The van der Waals surface area contributed by atoms with Gasteiger partial charge in [0.15, 0.2) is 0 Å². The molecule has 0 aromatic carbocycles. The van der Waals surface area contributed by atoms with Crippen LogP contribution in [-0.4, -0.2) is 17.5 Å². The highest BCUT2D eigenvalue weighted by Crippen LogP contribution is 2.31. The lowest BCUT2D eigenvalue weighted by Gasteiger charge is -2.13. The average molecular weight is 224 g/mol. The lowest BCUT2D eigenvalue weighted by atomic mass is 10.0. The zero-order valence-electron chi connectivity index (χ0n) is 8.85. The van der Waals surface area contributed by atoms with Gasteiger partial charge in [0.25, 0.3) is 0 Å². The van der Waals surface area contributed by atoms with Crippen LogP contribution in [0.2, 0.25) is 0 Å². The maximum Gasteiger partial charge on any atom is 0.400 e. The fraction of sp³-hybridized carbons (Fsp3) is 1.00. The molecule has 0 radical (unpaired) electrons. The van der Waals surface area contributed by atoms with E-state index in [4.69, 9.17) is 16.1 Å². The van der Waals surface area contributed by atoms with Crippen molar-refractivity contribution in [2.45, 2.75) is 39.2 Å². The molecule has 0 aliphatic heterocycles. The largest absolute Gasteiger partial charge is 0.400 e. The molecule has 0 spiro atoms. The first-order valence-electron chi connectivity index (χ1n) is 4.82. The van der Waals surface area contributed by atoms with Crippen LogP contribution in [0, 0.1) is 5.92 Å². The van der Waals surface area contributed by atoms with Crippen LogP contribution in [0.5, 0.6) is 0 Å². The summed E-state index contributed by atoms with van der Waals surface area (Å²) in [7, 11) is -3.85. The Morgan fingerprint density at radius 3 is 2.43 bits per heavy atom. The quantitative estimate of drug-likeness (QED) is 0.564. The highest BCUT2D eigenvalue weighted by atomic mass is 31.2. The van der Waals surface area contributed by atoms with Crippen molar-refractivity contribution < 1.29 is 14.0 Å². The molecule has 14 heavy (non-hydrogen) atoms. The van der Waals surface area contributed by atoms with E-state index >= 15 is 0 Å². The third-order valence-electron chi connectivity index (χ3n) is 1.83. The van der Waals surface area contributed by atoms with Crippen molar-refractivity contribution in [3.63, 3.8) is 0 Å². The molecule has 0 saturated carbocycles. The maximum atomic E-state index is 10.6. The summed E-state index contributed by atoms with van der Waals surface area (Å²) in [6.45, 7) is 4.33. The van der Waals surface area contributed by atoms with Crippen LogP contribution in [0.15, 0.2) is 0 Å². The van der Waals surface area contributed by atoms with Crippen molar-refractivity contribution in [1.82, 2.24) is 0 Å². The van der Waals surface area contributed by atoms with Gasteiger partial charge in [0.1, 0.15) is 0 Å². The third-order valence-corrected chi connectivity index (χ3v) is 2.35. The minimum atomic E-state index is -3.85. The monoisotopic (exact) mass is 224 g/mol. The SMILES string of the molecule is CC(C)CCCC(N)COP(N)(=O)O. The first-order valence-corrected chi connectivity index (χ1v) is 6.47. The Balaban J connectivity index is 3.46. The molecule has 5 nitrogen and oxygen atoms in total. The van der Waals surface area contributed by atoms with Gasteiger partial charge in [-0.15, -0.1) is 0 Å². The zero-order chi connectivity index (χ0) is 11.2. The lowest BCUT2D eigenvalue weighted by Crippen LogP contribution is -2.26. The van der Waals surface area contributed by atoms with Gasteiger partial charge < -0.3 is 10.6 Å². The minimum absolute atomic E-state index is 0.0440. The van der Waals surface area contributed by atoms with Crippen LogP contribution >= 0.6 is 7.75 Å². The Hall–Kier alpha value is 0.0700. The van der Waals surface area contributed by atoms with Crippen molar-refractivity contribution in [3.05, 3.63) is 0 Å². The molecule has 0 heterocycles. The molecule has 0 aromatic heterocycles. The summed E-state index contributed by atoms with van der Waals surface area (Å²) in [4.78, 5) is 8.64. The fourth-order valence-corrected chi connectivity index (χ4v) is 1.48. The molecule has 6 heteroatoms. The smallest absolute Gasteiger partial charge is 0.326 e. The van der Waals surface area contributed by atoms with Crippen molar-refractivity contribution in [3.8, 4) is 0 Å². The standard InChI is InChI=1S/C8H21N2O3P/c1-7(2)4-3-5-8(9)6-13-14(10,11)12/h7-8H,3-6,9H2,1-2H3,(H3,10,11,12). The van der Waals surface area contributed by atoms with Crippen LogP contribution in [0.3, 0.4) is 0 Å². The van der Waals surface area contributed by atoms with Gasteiger partial charge in [-0.25, -0.2) is 10.1 Å². The second-order valence-electron chi connectivity index (χ2n) is 3.94. The first kappa shape index (κ1) is 14.1. The number of hydrogen-bond donors (Lipinski definition) is 3. The van der Waals surface area contributed by atoms with Crippen LogP contribution in [0.1, 0.15) is 33.1 Å². The minimum Gasteiger partial charge on any atom is -0.326 e. The fourth-order valence-electron chi connectivity index (χ4n) is 1.07.